The third-order valence-corrected chi connectivity index (χ3v) is 4.67. The van der Waals surface area contributed by atoms with E-state index in [4.69, 9.17) is 11.6 Å². The van der Waals surface area contributed by atoms with Crippen LogP contribution in [-0.2, 0) is 16.6 Å². The van der Waals surface area contributed by atoms with Gasteiger partial charge in [0, 0.05) is 6.54 Å². The summed E-state index contributed by atoms with van der Waals surface area (Å²) in [5.41, 5.74) is 1.21. The molecule has 0 aliphatic heterocycles. The van der Waals surface area contributed by atoms with E-state index in [1.54, 1.807) is 24.3 Å². The predicted molar refractivity (Wildman–Crippen MR) is 81.4 cm³/mol. The van der Waals surface area contributed by atoms with Crippen molar-refractivity contribution in [3.8, 4) is 0 Å². The number of halogens is 2. The standard InChI is InChI=1S/C14H14ClFN2O2S/c1-17-21(19,20)14-5-3-2-4-13(14)18-9-10-6-7-12(16)11(15)8-10/h2-8,17-18H,9H2,1H3. The van der Waals surface area contributed by atoms with Gasteiger partial charge in [0.2, 0.25) is 10.0 Å². The van der Waals surface area contributed by atoms with Crippen LogP contribution < -0.4 is 10.0 Å². The second kappa shape index (κ2) is 6.43. The average Bonchev–Trinajstić information content (AvgIpc) is 2.49. The Balaban J connectivity index is 2.23. The van der Waals surface area contributed by atoms with Gasteiger partial charge in [-0.25, -0.2) is 17.5 Å². The summed E-state index contributed by atoms with van der Waals surface area (Å²) in [6, 6.07) is 10.9. The monoisotopic (exact) mass is 328 g/mol. The molecule has 0 aromatic heterocycles. The third kappa shape index (κ3) is 3.72. The molecule has 4 nitrogen and oxygen atoms in total. The smallest absolute Gasteiger partial charge is 0.242 e. The van der Waals surface area contributed by atoms with Gasteiger partial charge in [-0.1, -0.05) is 29.8 Å². The lowest BCUT2D eigenvalue weighted by molar-refractivity contribution is 0.588. The van der Waals surface area contributed by atoms with Crippen LogP contribution in [0.2, 0.25) is 5.02 Å². The number of anilines is 1. The SMILES string of the molecule is CNS(=O)(=O)c1ccccc1NCc1ccc(F)c(Cl)c1. The van der Waals surface area contributed by atoms with Crippen LogP contribution in [0.25, 0.3) is 0 Å². The van der Waals surface area contributed by atoms with Crippen LogP contribution in [0.5, 0.6) is 0 Å². The van der Waals surface area contributed by atoms with Gasteiger partial charge < -0.3 is 5.32 Å². The van der Waals surface area contributed by atoms with Crippen molar-refractivity contribution in [3.63, 3.8) is 0 Å². The van der Waals surface area contributed by atoms with Gasteiger partial charge in [-0.3, -0.25) is 0 Å². The number of benzene rings is 2. The molecular formula is C14H14ClFN2O2S. The summed E-state index contributed by atoms with van der Waals surface area (Å²) in [6.45, 7) is 0.330. The van der Waals surface area contributed by atoms with Gasteiger partial charge in [0.1, 0.15) is 10.7 Å². The maximum Gasteiger partial charge on any atom is 0.242 e. The molecule has 2 N–H and O–H groups in total. The summed E-state index contributed by atoms with van der Waals surface area (Å²) in [5, 5.41) is 3.05. The second-order valence-corrected chi connectivity index (χ2v) is 6.57. The number of nitrogens with one attached hydrogen (secondary N) is 2. The zero-order chi connectivity index (χ0) is 15.5. The summed E-state index contributed by atoms with van der Waals surface area (Å²) in [4.78, 5) is 0.153. The molecule has 0 heterocycles. The Kier molecular flexibility index (Phi) is 4.82. The van der Waals surface area contributed by atoms with E-state index in [-0.39, 0.29) is 9.92 Å². The Morgan fingerprint density at radius 2 is 1.90 bits per heavy atom. The largest absolute Gasteiger partial charge is 0.380 e. The minimum atomic E-state index is -3.55. The number of rotatable bonds is 5. The van der Waals surface area contributed by atoms with Crippen molar-refractivity contribution >= 4 is 27.3 Å². The van der Waals surface area contributed by atoms with Crippen LogP contribution in [0.1, 0.15) is 5.56 Å². The summed E-state index contributed by atoms with van der Waals surface area (Å²) in [7, 11) is -2.19. The number of sulfonamides is 1. The van der Waals surface area contributed by atoms with Gasteiger partial charge in [-0.15, -0.1) is 0 Å². The van der Waals surface area contributed by atoms with E-state index in [1.807, 2.05) is 0 Å². The number of hydrogen-bond acceptors (Lipinski definition) is 3. The molecule has 0 aliphatic rings. The van der Waals surface area contributed by atoms with E-state index >= 15 is 0 Å². The fraction of sp³-hybridized carbons (Fsp3) is 0.143. The van der Waals surface area contributed by atoms with Crippen LogP contribution >= 0.6 is 11.6 Å². The molecule has 2 rings (SSSR count). The minimum Gasteiger partial charge on any atom is -0.380 e. The Hall–Kier alpha value is -1.63. The van der Waals surface area contributed by atoms with Crippen molar-refractivity contribution in [2.75, 3.05) is 12.4 Å². The van der Waals surface area contributed by atoms with Gasteiger partial charge in [0.15, 0.2) is 0 Å². The molecule has 0 unspecified atom stereocenters. The normalized spacial score (nSPS) is 11.4. The molecule has 0 fully saturated rings. The first kappa shape index (κ1) is 15.8. The highest BCUT2D eigenvalue weighted by Gasteiger charge is 2.15. The maximum absolute atomic E-state index is 13.1. The first-order chi connectivity index (χ1) is 9.94. The highest BCUT2D eigenvalue weighted by molar-refractivity contribution is 7.89. The molecule has 7 heteroatoms. The molecule has 112 valence electrons. The molecule has 0 spiro atoms. The second-order valence-electron chi connectivity index (χ2n) is 4.31. The number of hydrogen-bond donors (Lipinski definition) is 2. The van der Waals surface area contributed by atoms with E-state index in [0.717, 1.165) is 5.56 Å². The lowest BCUT2D eigenvalue weighted by atomic mass is 10.2. The highest BCUT2D eigenvalue weighted by Crippen LogP contribution is 2.22. The molecule has 0 amide bonds. The molecule has 2 aromatic rings. The van der Waals surface area contributed by atoms with E-state index in [0.29, 0.717) is 12.2 Å². The zero-order valence-electron chi connectivity index (χ0n) is 11.2. The van der Waals surface area contributed by atoms with Gasteiger partial charge in [0.05, 0.1) is 10.7 Å². The van der Waals surface area contributed by atoms with Gasteiger partial charge in [-0.05, 0) is 36.9 Å². The van der Waals surface area contributed by atoms with Gasteiger partial charge in [0.25, 0.3) is 0 Å². The fourth-order valence-corrected chi connectivity index (χ4v) is 2.91. The van der Waals surface area contributed by atoms with Gasteiger partial charge in [-0.2, -0.15) is 0 Å². The van der Waals surface area contributed by atoms with Crippen LogP contribution in [-0.4, -0.2) is 15.5 Å². The molecule has 0 radical (unpaired) electrons. The van der Waals surface area contributed by atoms with Crippen molar-refractivity contribution in [3.05, 3.63) is 58.9 Å². The first-order valence-electron chi connectivity index (χ1n) is 6.14. The molecule has 0 bridgehead atoms. The zero-order valence-corrected chi connectivity index (χ0v) is 12.8. The molecule has 0 aliphatic carbocycles. The molecular weight excluding hydrogens is 315 g/mol. The van der Waals surface area contributed by atoms with Crippen LogP contribution in [0, 0.1) is 5.82 Å². The summed E-state index contributed by atoms with van der Waals surface area (Å²) in [6.07, 6.45) is 0. The summed E-state index contributed by atoms with van der Waals surface area (Å²) in [5.74, 6) is -0.487. The molecule has 0 atom stereocenters. The lowest BCUT2D eigenvalue weighted by Crippen LogP contribution is -2.20. The fourth-order valence-electron chi connectivity index (χ4n) is 1.80. The van der Waals surface area contributed by atoms with Crippen molar-refractivity contribution in [2.45, 2.75) is 11.4 Å². The van der Waals surface area contributed by atoms with Crippen molar-refractivity contribution < 1.29 is 12.8 Å². The minimum absolute atomic E-state index is 0.0328. The molecule has 2 aromatic carbocycles. The van der Waals surface area contributed by atoms with E-state index in [9.17, 15) is 12.8 Å². The quantitative estimate of drug-likeness (QED) is 0.887. The van der Waals surface area contributed by atoms with Crippen molar-refractivity contribution in [1.82, 2.24) is 4.72 Å². The average molecular weight is 329 g/mol. The van der Waals surface area contributed by atoms with Crippen LogP contribution in [0.15, 0.2) is 47.4 Å². The van der Waals surface area contributed by atoms with Crippen LogP contribution in [0.4, 0.5) is 10.1 Å². The van der Waals surface area contributed by atoms with Crippen LogP contribution in [0.3, 0.4) is 0 Å². The maximum atomic E-state index is 13.1. The lowest BCUT2D eigenvalue weighted by Gasteiger charge is -2.12. The van der Waals surface area contributed by atoms with Crippen molar-refractivity contribution in [2.24, 2.45) is 0 Å². The Labute approximate surface area is 128 Å². The Morgan fingerprint density at radius 1 is 1.19 bits per heavy atom. The topological polar surface area (TPSA) is 58.2 Å². The highest BCUT2D eigenvalue weighted by atomic mass is 35.5. The summed E-state index contributed by atoms with van der Waals surface area (Å²) < 4.78 is 39.2. The molecule has 21 heavy (non-hydrogen) atoms. The van der Waals surface area contributed by atoms with Gasteiger partial charge >= 0.3 is 0 Å². The van der Waals surface area contributed by atoms with E-state index in [2.05, 4.69) is 10.0 Å². The van der Waals surface area contributed by atoms with Crippen molar-refractivity contribution in [1.29, 1.82) is 0 Å². The Bertz CT molecular complexity index is 750. The molecule has 0 saturated carbocycles. The Morgan fingerprint density at radius 3 is 2.57 bits per heavy atom. The third-order valence-electron chi connectivity index (χ3n) is 2.91. The molecule has 0 saturated heterocycles. The van der Waals surface area contributed by atoms with E-state index in [1.165, 1.54) is 25.2 Å². The van der Waals surface area contributed by atoms with E-state index < -0.39 is 15.8 Å². The predicted octanol–water partition coefficient (Wildman–Crippen LogP) is 3.00. The summed E-state index contributed by atoms with van der Waals surface area (Å²) >= 11 is 5.71. The first-order valence-corrected chi connectivity index (χ1v) is 8.00. The number of para-hydroxylation sites is 1.